The summed E-state index contributed by atoms with van der Waals surface area (Å²) in [5, 5.41) is 19.9. The van der Waals surface area contributed by atoms with Crippen LogP contribution in [0.2, 0.25) is 10.0 Å². The largest absolute Gasteiger partial charge is 0.506 e. The standard InChI is InChI=1S/C22H26ClN3O3.C16H22ClN3O2.C14H21N3O.C6H5ClO.C4H2Cl2O3.CH4/c1-16-6-5-7-17(2)22(16)24-20(27)14-25-10-12-26(13-11-25)21(28)15-29-19-9-4-3-8-18(19)23;1-12-4-3-5-13(2)16(12)18-14(21)11-19-6-8-20(9-7-19)15(22)10-17;1-11-4-3-5-12(2)14(11)16-13(18)10-17-8-6-15-7-9-17;7-5-3-1-2-4-6(5)8;5-1-2(6)4(8)9-3(1)7;/h3-9H,10-15H2,1-2H3,(H,24,27);3-5H,6-11H2,1-2H3,(H,18,21);3-5,15H,6-10H2,1-2H3,(H,16,18);1-4,8H;1-2H;1H4. The molecule has 0 radical (unpaired) electrons. The molecule has 2 unspecified atom stereocenters. The average molecular weight is 1300 g/mol. The fourth-order valence-corrected chi connectivity index (χ4v) is 9.93. The second kappa shape index (κ2) is 37.4. The molecule has 5 aromatic rings. The number of esters is 2. The van der Waals surface area contributed by atoms with Crippen LogP contribution in [0.3, 0.4) is 0 Å². The summed E-state index contributed by atoms with van der Waals surface area (Å²) >= 11 is 27.6. The van der Waals surface area contributed by atoms with Crippen LogP contribution in [0.15, 0.2) is 103 Å². The maximum atomic E-state index is 12.4. The van der Waals surface area contributed by atoms with Crippen molar-refractivity contribution in [3.05, 3.63) is 147 Å². The Bertz CT molecular complexity index is 3000. The maximum absolute atomic E-state index is 12.4. The summed E-state index contributed by atoms with van der Waals surface area (Å²) in [6.45, 7) is 22.0. The topological polar surface area (TPSA) is 222 Å². The number of anilines is 3. The van der Waals surface area contributed by atoms with E-state index in [1.54, 1.807) is 46.2 Å². The van der Waals surface area contributed by atoms with Crippen LogP contribution in [0.25, 0.3) is 0 Å². The van der Waals surface area contributed by atoms with Gasteiger partial charge < -0.3 is 45.6 Å². The predicted octanol–water partition coefficient (Wildman–Crippen LogP) is 8.86. The molecule has 19 nitrogen and oxygen atoms in total. The third-order valence-corrected chi connectivity index (χ3v) is 15.9. The molecule has 0 bridgehead atoms. The van der Waals surface area contributed by atoms with Crippen molar-refractivity contribution in [1.82, 2.24) is 29.8 Å². The number of phenolic OH excluding ortho intramolecular Hbond substituents is 1. The molecule has 0 aromatic heterocycles. The molecule has 5 aromatic carbocycles. The molecule has 9 rings (SSSR count). The van der Waals surface area contributed by atoms with Crippen LogP contribution in [0.5, 0.6) is 11.5 Å². The van der Waals surface area contributed by atoms with Crippen molar-refractivity contribution in [2.75, 3.05) is 127 Å². The number of hydrogen-bond acceptors (Lipinski definition) is 14. The van der Waals surface area contributed by atoms with Crippen molar-refractivity contribution < 1.29 is 48.1 Å². The first-order valence-electron chi connectivity index (χ1n) is 28.0. The van der Waals surface area contributed by atoms with Crippen molar-refractivity contribution in [3.8, 4) is 11.5 Å². The molecule has 5 amide bonds. The Morgan fingerprint density at radius 1 is 0.517 bits per heavy atom. The van der Waals surface area contributed by atoms with Gasteiger partial charge in [-0.15, -0.1) is 34.8 Å². The Morgan fingerprint density at radius 2 is 0.862 bits per heavy atom. The summed E-state index contributed by atoms with van der Waals surface area (Å²) in [4.78, 5) is 91.0. The van der Waals surface area contributed by atoms with E-state index in [0.29, 0.717) is 87.8 Å². The van der Waals surface area contributed by atoms with Gasteiger partial charge in [-0.3, -0.25) is 38.7 Å². The summed E-state index contributed by atoms with van der Waals surface area (Å²) < 4.78 is 9.58. The summed E-state index contributed by atoms with van der Waals surface area (Å²) in [5.74, 6) is -0.965. The number of aromatic hydroxyl groups is 1. The number of carbonyl (C=O) groups excluding carboxylic acids is 7. The van der Waals surface area contributed by atoms with Gasteiger partial charge in [0.15, 0.2) is 17.4 Å². The Morgan fingerprint density at radius 3 is 1.18 bits per heavy atom. The van der Waals surface area contributed by atoms with Crippen LogP contribution in [-0.2, 0) is 38.3 Å². The van der Waals surface area contributed by atoms with Crippen LogP contribution in [0.4, 0.5) is 17.1 Å². The first-order valence-corrected chi connectivity index (χ1v) is 30.1. The zero-order chi connectivity index (χ0) is 62.9. The number of hydrogen-bond donors (Lipinski definition) is 5. The minimum absolute atomic E-state index is 0. The number of ether oxygens (including phenoxy) is 2. The van der Waals surface area contributed by atoms with Crippen molar-refractivity contribution in [1.29, 1.82) is 0 Å². The van der Waals surface area contributed by atoms with Crippen molar-refractivity contribution >= 4 is 117 Å². The number of phenols is 1. The van der Waals surface area contributed by atoms with E-state index in [1.807, 2.05) is 108 Å². The maximum Gasteiger partial charge on any atom is 0.333 e. The third kappa shape index (κ3) is 24.2. The van der Waals surface area contributed by atoms with Gasteiger partial charge in [0, 0.05) is 95.6 Å². The number of benzene rings is 5. The molecule has 4 fully saturated rings. The first kappa shape index (κ1) is 73.0. The normalized spacial score (nSPS) is 16.7. The van der Waals surface area contributed by atoms with E-state index in [0.717, 1.165) is 76.6 Å². The molecule has 4 aliphatic heterocycles. The Hall–Kier alpha value is -6.52. The van der Waals surface area contributed by atoms with E-state index in [1.165, 1.54) is 0 Å². The summed E-state index contributed by atoms with van der Waals surface area (Å²) in [6, 6.07) is 31.7. The molecule has 2 atom stereocenters. The van der Waals surface area contributed by atoms with Gasteiger partial charge in [0.1, 0.15) is 17.4 Å². The van der Waals surface area contributed by atoms with Gasteiger partial charge in [0.25, 0.3) is 5.91 Å². The van der Waals surface area contributed by atoms with E-state index in [9.17, 15) is 33.6 Å². The average Bonchev–Trinajstić information content (AvgIpc) is 3.86. The lowest BCUT2D eigenvalue weighted by Gasteiger charge is -2.34. The van der Waals surface area contributed by atoms with Crippen molar-refractivity contribution in [2.45, 2.75) is 59.7 Å². The second-order valence-electron chi connectivity index (χ2n) is 20.6. The van der Waals surface area contributed by atoms with E-state index in [2.05, 4.69) is 40.7 Å². The number of halogens is 5. The zero-order valence-corrected chi connectivity index (χ0v) is 53.0. The fraction of sp³-hybridized carbons (Fsp3) is 0.413. The summed E-state index contributed by atoms with van der Waals surface area (Å²) in [5.41, 5.74) is 9.17. The van der Waals surface area contributed by atoms with Crippen molar-refractivity contribution in [3.63, 3.8) is 0 Å². The number of piperazine rings is 3. The number of para-hydroxylation sites is 5. The molecule has 24 heteroatoms. The quantitative estimate of drug-likeness (QED) is 0.0422. The predicted molar refractivity (Wildman–Crippen MR) is 347 cm³/mol. The Kier molecular flexibility index (Phi) is 31.3. The molecule has 4 saturated heterocycles. The second-order valence-corrected chi connectivity index (χ2v) is 22.7. The summed E-state index contributed by atoms with van der Waals surface area (Å²) in [6.07, 6.45) is 0. The summed E-state index contributed by atoms with van der Waals surface area (Å²) in [7, 11) is 0. The van der Waals surface area contributed by atoms with E-state index in [4.69, 9.17) is 67.8 Å². The van der Waals surface area contributed by atoms with Gasteiger partial charge in [0.05, 0.1) is 29.7 Å². The minimum atomic E-state index is -1.01. The van der Waals surface area contributed by atoms with Crippen LogP contribution in [0.1, 0.15) is 40.8 Å². The zero-order valence-electron chi connectivity index (χ0n) is 49.2. The lowest BCUT2D eigenvalue weighted by molar-refractivity contribution is -0.152. The first-order chi connectivity index (χ1) is 41.0. The molecular formula is C63H80Cl5N9O10. The lowest BCUT2D eigenvalue weighted by atomic mass is 10.1. The highest BCUT2D eigenvalue weighted by molar-refractivity contribution is 6.45. The number of nitrogens with one attached hydrogen (secondary N) is 4. The van der Waals surface area contributed by atoms with Gasteiger partial charge in [0.2, 0.25) is 23.6 Å². The molecule has 472 valence electrons. The number of amides is 5. The van der Waals surface area contributed by atoms with Gasteiger partial charge >= 0.3 is 11.9 Å². The van der Waals surface area contributed by atoms with Crippen LogP contribution >= 0.6 is 58.0 Å². The molecule has 4 heterocycles. The highest BCUT2D eigenvalue weighted by atomic mass is 35.5. The number of carbonyl (C=O) groups is 7. The van der Waals surface area contributed by atoms with Crippen LogP contribution < -0.4 is 26.0 Å². The lowest BCUT2D eigenvalue weighted by Crippen LogP contribution is -2.51. The molecule has 0 saturated carbocycles. The van der Waals surface area contributed by atoms with Crippen molar-refractivity contribution in [2.24, 2.45) is 0 Å². The molecule has 0 aliphatic carbocycles. The smallest absolute Gasteiger partial charge is 0.333 e. The van der Waals surface area contributed by atoms with E-state index >= 15 is 0 Å². The van der Waals surface area contributed by atoms with Gasteiger partial charge in [-0.25, -0.2) is 9.59 Å². The van der Waals surface area contributed by atoms with Crippen LogP contribution in [-0.4, -0.2) is 192 Å². The SMILES string of the molecule is C.Cc1cccc(C)c1NC(=O)CN1CCN(C(=O)CCl)CC1.Cc1cccc(C)c1NC(=O)CN1CCN(C(=O)COc2ccccc2Cl)CC1.Cc1cccc(C)c1NC(=O)CN1CCNCC1.O=C1OC(=O)C(Cl)C1Cl.Oc1ccccc1Cl. The minimum Gasteiger partial charge on any atom is -0.506 e. The van der Waals surface area contributed by atoms with Gasteiger partial charge in [-0.05, 0) is 99.2 Å². The van der Waals surface area contributed by atoms with E-state index in [-0.39, 0.29) is 55.2 Å². The highest BCUT2D eigenvalue weighted by Gasteiger charge is 2.41. The Labute approximate surface area is 535 Å². The fourth-order valence-electron chi connectivity index (χ4n) is 9.14. The molecule has 4 aliphatic rings. The molecule has 87 heavy (non-hydrogen) atoms. The van der Waals surface area contributed by atoms with E-state index < -0.39 is 22.7 Å². The third-order valence-electron chi connectivity index (χ3n) is 14.1. The molecule has 0 spiro atoms. The van der Waals surface area contributed by atoms with Gasteiger partial charge in [-0.1, -0.05) is 109 Å². The molecule has 5 N–H and O–H groups in total. The Balaban J connectivity index is 0.000000248. The number of aryl methyl sites for hydroxylation is 6. The van der Waals surface area contributed by atoms with Crippen LogP contribution in [0, 0.1) is 41.5 Å². The monoisotopic (exact) mass is 1300 g/mol. The molecular weight excluding hydrogens is 1220 g/mol. The number of cyclic esters (lactones) is 2. The number of nitrogens with zero attached hydrogens (tertiary/aromatic N) is 5. The van der Waals surface area contributed by atoms with Gasteiger partial charge in [-0.2, -0.15) is 0 Å². The highest BCUT2D eigenvalue weighted by Crippen LogP contribution is 2.25. The number of rotatable bonds is 13. The number of alkyl halides is 3.